The topological polar surface area (TPSA) is 55.3 Å². The molecule has 2 aromatic heterocycles. The van der Waals surface area contributed by atoms with Crippen molar-refractivity contribution in [2.24, 2.45) is 0 Å². The summed E-state index contributed by atoms with van der Waals surface area (Å²) in [6, 6.07) is 17.8. The summed E-state index contributed by atoms with van der Waals surface area (Å²) in [5.74, 6) is 0.220. The van der Waals surface area contributed by atoms with Gasteiger partial charge in [-0.25, -0.2) is 9.37 Å². The van der Waals surface area contributed by atoms with Crippen LogP contribution in [-0.2, 0) is 11.3 Å². The SMILES string of the molecule is O=C(CCOc1ccccc1)N(Cc1cccnc1)c1nc2cccc(F)c2s1. The van der Waals surface area contributed by atoms with E-state index in [1.807, 2.05) is 42.5 Å². The van der Waals surface area contributed by atoms with E-state index < -0.39 is 0 Å². The fourth-order valence-electron chi connectivity index (χ4n) is 2.86. The number of benzene rings is 2. The van der Waals surface area contributed by atoms with Gasteiger partial charge in [0, 0.05) is 12.4 Å². The number of pyridine rings is 1. The zero-order chi connectivity index (χ0) is 20.1. The Morgan fingerprint density at radius 2 is 1.93 bits per heavy atom. The van der Waals surface area contributed by atoms with Gasteiger partial charge in [0.25, 0.3) is 0 Å². The predicted molar refractivity (Wildman–Crippen MR) is 112 cm³/mol. The molecule has 146 valence electrons. The zero-order valence-corrected chi connectivity index (χ0v) is 16.3. The lowest BCUT2D eigenvalue weighted by Crippen LogP contribution is -2.31. The van der Waals surface area contributed by atoms with E-state index in [1.165, 1.54) is 17.4 Å². The first kappa shape index (κ1) is 19.0. The molecule has 0 N–H and O–H groups in total. The van der Waals surface area contributed by atoms with Gasteiger partial charge in [-0.1, -0.05) is 41.7 Å². The molecule has 0 atom stereocenters. The Kier molecular flexibility index (Phi) is 5.76. The first-order chi connectivity index (χ1) is 14.2. The van der Waals surface area contributed by atoms with Gasteiger partial charge in [-0.15, -0.1) is 0 Å². The minimum atomic E-state index is -0.340. The van der Waals surface area contributed by atoms with Crippen LogP contribution in [0.4, 0.5) is 9.52 Å². The highest BCUT2D eigenvalue weighted by Crippen LogP contribution is 2.31. The largest absolute Gasteiger partial charge is 0.493 e. The Bertz CT molecular complexity index is 1100. The monoisotopic (exact) mass is 407 g/mol. The van der Waals surface area contributed by atoms with Gasteiger partial charge >= 0.3 is 0 Å². The minimum absolute atomic E-state index is 0.149. The maximum Gasteiger partial charge on any atom is 0.232 e. The molecule has 0 aliphatic heterocycles. The van der Waals surface area contributed by atoms with Crippen molar-refractivity contribution in [2.75, 3.05) is 11.5 Å². The van der Waals surface area contributed by atoms with Crippen LogP contribution < -0.4 is 9.64 Å². The Morgan fingerprint density at radius 1 is 1.07 bits per heavy atom. The van der Waals surface area contributed by atoms with Gasteiger partial charge in [-0.3, -0.25) is 14.7 Å². The second-order valence-electron chi connectivity index (χ2n) is 6.34. The predicted octanol–water partition coefficient (Wildman–Crippen LogP) is 4.83. The molecule has 5 nitrogen and oxygen atoms in total. The third-order valence-electron chi connectivity index (χ3n) is 4.28. The lowest BCUT2D eigenvalue weighted by molar-refractivity contribution is -0.119. The van der Waals surface area contributed by atoms with Gasteiger partial charge in [0.2, 0.25) is 5.91 Å². The van der Waals surface area contributed by atoms with Crippen LogP contribution in [0.25, 0.3) is 10.2 Å². The molecule has 1 amide bonds. The number of thiazole rings is 1. The molecule has 0 saturated carbocycles. The summed E-state index contributed by atoms with van der Waals surface area (Å²) in [5.41, 5.74) is 1.40. The molecular weight excluding hydrogens is 389 g/mol. The zero-order valence-electron chi connectivity index (χ0n) is 15.5. The third-order valence-corrected chi connectivity index (χ3v) is 5.38. The highest BCUT2D eigenvalue weighted by atomic mass is 32.1. The van der Waals surface area contributed by atoms with Crippen LogP contribution in [0.2, 0.25) is 0 Å². The fourth-order valence-corrected chi connectivity index (χ4v) is 3.85. The molecule has 7 heteroatoms. The highest BCUT2D eigenvalue weighted by molar-refractivity contribution is 7.22. The molecule has 2 heterocycles. The van der Waals surface area contributed by atoms with Crippen molar-refractivity contribution in [1.82, 2.24) is 9.97 Å². The van der Waals surface area contributed by atoms with Crippen LogP contribution in [0.1, 0.15) is 12.0 Å². The maximum absolute atomic E-state index is 14.1. The van der Waals surface area contributed by atoms with Crippen LogP contribution in [0.3, 0.4) is 0 Å². The number of aromatic nitrogens is 2. The van der Waals surface area contributed by atoms with E-state index in [0.29, 0.717) is 27.6 Å². The number of hydrogen-bond acceptors (Lipinski definition) is 5. The maximum atomic E-state index is 14.1. The first-order valence-corrected chi connectivity index (χ1v) is 9.94. The Balaban J connectivity index is 1.55. The highest BCUT2D eigenvalue weighted by Gasteiger charge is 2.21. The van der Waals surface area contributed by atoms with Gasteiger partial charge in [-0.2, -0.15) is 0 Å². The van der Waals surface area contributed by atoms with E-state index in [1.54, 1.807) is 29.4 Å². The summed E-state index contributed by atoms with van der Waals surface area (Å²) < 4.78 is 20.2. The number of hydrogen-bond donors (Lipinski definition) is 0. The standard InChI is InChI=1S/C22H18FN3O2S/c23-18-9-4-10-19-21(18)29-22(25-19)26(15-16-6-5-12-24-14-16)20(27)11-13-28-17-7-2-1-3-8-17/h1-10,12,14H,11,13,15H2. The number of carbonyl (C=O) groups is 1. The van der Waals surface area contributed by atoms with Crippen LogP contribution in [0, 0.1) is 5.82 Å². The van der Waals surface area contributed by atoms with Crippen LogP contribution in [0.15, 0.2) is 73.1 Å². The van der Waals surface area contributed by atoms with Gasteiger partial charge in [-0.05, 0) is 35.9 Å². The van der Waals surface area contributed by atoms with Crippen LogP contribution in [0.5, 0.6) is 5.75 Å². The van der Waals surface area contributed by atoms with Gasteiger partial charge in [0.15, 0.2) is 5.13 Å². The quantitative estimate of drug-likeness (QED) is 0.440. The molecule has 0 fully saturated rings. The molecule has 0 aliphatic rings. The Hall–Kier alpha value is -3.32. The molecule has 29 heavy (non-hydrogen) atoms. The van der Waals surface area contributed by atoms with Crippen LogP contribution in [-0.4, -0.2) is 22.5 Å². The van der Waals surface area contributed by atoms with Gasteiger partial charge in [0.1, 0.15) is 11.6 Å². The summed E-state index contributed by atoms with van der Waals surface area (Å²) in [4.78, 5) is 23.2. The average molecular weight is 407 g/mol. The fraction of sp³-hybridized carbons (Fsp3) is 0.136. The number of nitrogens with zero attached hydrogens (tertiary/aromatic N) is 3. The molecule has 0 spiro atoms. The number of ether oxygens (including phenoxy) is 1. The third kappa shape index (κ3) is 4.57. The number of halogens is 1. The summed E-state index contributed by atoms with van der Waals surface area (Å²) >= 11 is 1.17. The van der Waals surface area contributed by atoms with E-state index in [0.717, 1.165) is 5.56 Å². The van der Waals surface area contributed by atoms with Crippen molar-refractivity contribution in [1.29, 1.82) is 0 Å². The summed E-state index contributed by atoms with van der Waals surface area (Å²) in [5, 5.41) is 0.457. The number of rotatable bonds is 7. The van der Waals surface area contributed by atoms with Crippen molar-refractivity contribution < 1.29 is 13.9 Å². The second-order valence-corrected chi connectivity index (χ2v) is 7.31. The summed E-state index contributed by atoms with van der Waals surface area (Å²) in [6.07, 6.45) is 3.55. The molecule has 0 bridgehead atoms. The van der Waals surface area contributed by atoms with Crippen molar-refractivity contribution in [2.45, 2.75) is 13.0 Å². The van der Waals surface area contributed by atoms with E-state index >= 15 is 0 Å². The molecule has 0 aliphatic carbocycles. The molecule has 2 aromatic carbocycles. The number of anilines is 1. The molecule has 0 radical (unpaired) electrons. The Labute approximate surface area is 171 Å². The van der Waals surface area contributed by atoms with E-state index in [-0.39, 0.29) is 24.8 Å². The average Bonchev–Trinajstić information content (AvgIpc) is 3.19. The number of para-hydroxylation sites is 1. The number of fused-ring (bicyclic) bond motifs is 1. The molecular formula is C22H18FN3O2S. The number of carbonyl (C=O) groups excluding carboxylic acids is 1. The normalized spacial score (nSPS) is 10.8. The van der Waals surface area contributed by atoms with Gasteiger partial charge in [0.05, 0.1) is 29.8 Å². The summed E-state index contributed by atoms with van der Waals surface area (Å²) in [6.45, 7) is 0.547. The molecule has 0 saturated heterocycles. The summed E-state index contributed by atoms with van der Waals surface area (Å²) in [7, 11) is 0. The van der Waals surface area contributed by atoms with E-state index in [2.05, 4.69) is 9.97 Å². The van der Waals surface area contributed by atoms with Crippen molar-refractivity contribution in [3.8, 4) is 5.75 Å². The second kappa shape index (κ2) is 8.79. The van der Waals surface area contributed by atoms with E-state index in [9.17, 15) is 9.18 Å². The van der Waals surface area contributed by atoms with Gasteiger partial charge < -0.3 is 4.74 Å². The lowest BCUT2D eigenvalue weighted by atomic mass is 10.2. The molecule has 4 rings (SSSR count). The van der Waals surface area contributed by atoms with E-state index in [4.69, 9.17) is 4.74 Å². The van der Waals surface area contributed by atoms with Crippen molar-refractivity contribution in [3.63, 3.8) is 0 Å². The number of amides is 1. The minimum Gasteiger partial charge on any atom is -0.493 e. The molecule has 0 unspecified atom stereocenters. The van der Waals surface area contributed by atoms with Crippen molar-refractivity contribution in [3.05, 3.63) is 84.4 Å². The van der Waals surface area contributed by atoms with Crippen LogP contribution >= 0.6 is 11.3 Å². The first-order valence-electron chi connectivity index (χ1n) is 9.13. The van der Waals surface area contributed by atoms with Crippen molar-refractivity contribution >= 4 is 32.6 Å². The molecule has 4 aromatic rings. The smallest absolute Gasteiger partial charge is 0.232 e. The lowest BCUT2D eigenvalue weighted by Gasteiger charge is -2.20. The Morgan fingerprint density at radius 3 is 2.69 bits per heavy atom.